The zero-order chi connectivity index (χ0) is 16.1. The van der Waals surface area contributed by atoms with Crippen molar-refractivity contribution in [3.05, 3.63) is 35.9 Å². The maximum atomic E-state index is 12.0. The van der Waals surface area contributed by atoms with Gasteiger partial charge in [0.1, 0.15) is 5.82 Å². The van der Waals surface area contributed by atoms with Gasteiger partial charge in [-0.3, -0.25) is 14.7 Å². The number of carbonyl (C=O) groups excluding carboxylic acids is 1. The van der Waals surface area contributed by atoms with Crippen LogP contribution in [0.1, 0.15) is 11.4 Å². The Morgan fingerprint density at radius 1 is 1.35 bits per heavy atom. The normalized spacial score (nSPS) is 15.6. The van der Waals surface area contributed by atoms with Gasteiger partial charge in [-0.2, -0.15) is 4.37 Å². The van der Waals surface area contributed by atoms with E-state index in [1.165, 1.54) is 11.5 Å². The van der Waals surface area contributed by atoms with Crippen LogP contribution in [0.15, 0.2) is 24.5 Å². The van der Waals surface area contributed by atoms with Crippen LogP contribution < -0.4 is 10.2 Å². The van der Waals surface area contributed by atoms with Gasteiger partial charge in [-0.05, 0) is 18.6 Å². The zero-order valence-electron chi connectivity index (χ0n) is 13.1. The minimum atomic E-state index is 0.0501. The lowest BCUT2D eigenvalue weighted by Crippen LogP contribution is -2.49. The molecule has 0 aliphatic carbocycles. The summed E-state index contributed by atoms with van der Waals surface area (Å²) < 4.78 is 4.22. The molecule has 7 nitrogen and oxygen atoms in total. The number of carbonyl (C=O) groups is 1. The lowest BCUT2D eigenvalue weighted by molar-refractivity contribution is -0.122. The van der Waals surface area contributed by atoms with E-state index in [1.54, 1.807) is 12.4 Å². The van der Waals surface area contributed by atoms with Crippen molar-refractivity contribution in [1.82, 2.24) is 24.6 Å². The van der Waals surface area contributed by atoms with Gasteiger partial charge in [0.05, 0.1) is 6.54 Å². The van der Waals surface area contributed by atoms with Crippen LogP contribution >= 0.6 is 11.5 Å². The van der Waals surface area contributed by atoms with Gasteiger partial charge in [0.15, 0.2) is 0 Å². The first-order valence-corrected chi connectivity index (χ1v) is 8.41. The minimum absolute atomic E-state index is 0.0501. The smallest absolute Gasteiger partial charge is 0.234 e. The molecule has 0 unspecified atom stereocenters. The second kappa shape index (κ2) is 7.47. The topological polar surface area (TPSA) is 74.2 Å². The first kappa shape index (κ1) is 15.8. The van der Waals surface area contributed by atoms with Gasteiger partial charge in [-0.25, -0.2) is 4.98 Å². The second-order valence-electron chi connectivity index (χ2n) is 5.53. The highest BCUT2D eigenvalue weighted by Crippen LogP contribution is 2.18. The molecule has 2 aromatic rings. The van der Waals surface area contributed by atoms with Crippen LogP contribution in [0.3, 0.4) is 0 Å². The van der Waals surface area contributed by atoms with Crippen LogP contribution in [-0.4, -0.2) is 57.9 Å². The Kier molecular flexibility index (Phi) is 5.14. The lowest BCUT2D eigenvalue weighted by atomic mass is 10.3. The molecule has 3 heterocycles. The Balaban J connectivity index is 1.41. The molecule has 8 heteroatoms. The Labute approximate surface area is 139 Å². The van der Waals surface area contributed by atoms with Gasteiger partial charge in [0, 0.05) is 56.6 Å². The molecule has 1 saturated heterocycles. The van der Waals surface area contributed by atoms with E-state index in [4.69, 9.17) is 0 Å². The molecule has 0 saturated carbocycles. The average molecular weight is 332 g/mol. The third-order valence-corrected chi connectivity index (χ3v) is 4.61. The lowest BCUT2D eigenvalue weighted by Gasteiger charge is -2.33. The fourth-order valence-corrected chi connectivity index (χ4v) is 3.20. The highest BCUT2D eigenvalue weighted by molar-refractivity contribution is 7.09. The zero-order valence-corrected chi connectivity index (χ0v) is 13.9. The molecule has 1 aliphatic heterocycles. The largest absolute Gasteiger partial charge is 0.351 e. The van der Waals surface area contributed by atoms with Gasteiger partial charge >= 0.3 is 0 Å². The van der Waals surface area contributed by atoms with Gasteiger partial charge in [0.25, 0.3) is 0 Å². The number of aromatic nitrogens is 3. The van der Waals surface area contributed by atoms with Crippen LogP contribution in [0.4, 0.5) is 5.13 Å². The van der Waals surface area contributed by atoms with Crippen molar-refractivity contribution in [2.45, 2.75) is 13.5 Å². The monoisotopic (exact) mass is 332 g/mol. The molecular formula is C15H20N6OS. The molecule has 122 valence electrons. The first-order chi connectivity index (χ1) is 11.2. The summed E-state index contributed by atoms with van der Waals surface area (Å²) in [7, 11) is 0. The number of piperazine rings is 1. The van der Waals surface area contributed by atoms with E-state index >= 15 is 0 Å². The van der Waals surface area contributed by atoms with Crippen LogP contribution in [-0.2, 0) is 11.3 Å². The van der Waals surface area contributed by atoms with Crippen molar-refractivity contribution in [3.63, 3.8) is 0 Å². The number of aryl methyl sites for hydroxylation is 1. The molecule has 0 aromatic carbocycles. The molecular weight excluding hydrogens is 312 g/mol. The number of hydrogen-bond acceptors (Lipinski definition) is 7. The molecule has 1 fully saturated rings. The Bertz CT molecular complexity index is 638. The van der Waals surface area contributed by atoms with E-state index in [0.717, 1.165) is 42.7 Å². The Hall–Kier alpha value is -2.06. The summed E-state index contributed by atoms with van der Waals surface area (Å²) in [6.45, 7) is 6.34. The highest BCUT2D eigenvalue weighted by Gasteiger charge is 2.21. The van der Waals surface area contributed by atoms with Crippen molar-refractivity contribution in [2.24, 2.45) is 0 Å². The number of amides is 1. The molecule has 1 aliphatic rings. The van der Waals surface area contributed by atoms with E-state index in [-0.39, 0.29) is 5.91 Å². The Morgan fingerprint density at radius 2 is 2.17 bits per heavy atom. The molecule has 0 spiro atoms. The number of nitrogens with zero attached hydrogens (tertiary/aromatic N) is 5. The molecule has 3 rings (SSSR count). The van der Waals surface area contributed by atoms with Crippen molar-refractivity contribution in [1.29, 1.82) is 0 Å². The van der Waals surface area contributed by atoms with Crippen molar-refractivity contribution >= 4 is 22.6 Å². The first-order valence-electron chi connectivity index (χ1n) is 7.64. The predicted octanol–water partition coefficient (Wildman–Crippen LogP) is 0.680. The third-order valence-electron chi connectivity index (χ3n) is 3.74. The van der Waals surface area contributed by atoms with Crippen LogP contribution in [0.5, 0.6) is 0 Å². The van der Waals surface area contributed by atoms with Crippen LogP contribution in [0.25, 0.3) is 0 Å². The summed E-state index contributed by atoms with van der Waals surface area (Å²) >= 11 is 1.44. The minimum Gasteiger partial charge on any atom is -0.351 e. The maximum absolute atomic E-state index is 12.0. The molecule has 2 aromatic heterocycles. The van der Waals surface area contributed by atoms with Crippen LogP contribution in [0, 0.1) is 6.92 Å². The van der Waals surface area contributed by atoms with Gasteiger partial charge in [-0.15, -0.1) is 0 Å². The highest BCUT2D eigenvalue weighted by atomic mass is 32.1. The quantitative estimate of drug-likeness (QED) is 0.868. The van der Waals surface area contributed by atoms with Crippen molar-refractivity contribution in [3.8, 4) is 0 Å². The summed E-state index contributed by atoms with van der Waals surface area (Å²) in [6.07, 6.45) is 3.49. The summed E-state index contributed by atoms with van der Waals surface area (Å²) in [4.78, 5) is 24.9. The average Bonchev–Trinajstić information content (AvgIpc) is 3.01. The SMILES string of the molecule is Cc1nsc(N2CCN(CC(=O)NCc3cccnc3)CC2)n1. The number of anilines is 1. The fourth-order valence-electron chi connectivity index (χ4n) is 2.47. The van der Waals surface area contributed by atoms with Crippen molar-refractivity contribution in [2.75, 3.05) is 37.6 Å². The molecule has 0 radical (unpaired) electrons. The van der Waals surface area contributed by atoms with E-state index < -0.39 is 0 Å². The molecule has 23 heavy (non-hydrogen) atoms. The van der Waals surface area contributed by atoms with E-state index in [2.05, 4.69) is 29.5 Å². The Morgan fingerprint density at radius 3 is 2.83 bits per heavy atom. The van der Waals surface area contributed by atoms with E-state index in [0.29, 0.717) is 13.1 Å². The summed E-state index contributed by atoms with van der Waals surface area (Å²) in [5.41, 5.74) is 1.01. The standard InChI is InChI=1S/C15H20N6OS/c1-12-18-15(23-19-12)21-7-5-20(6-8-21)11-14(22)17-10-13-3-2-4-16-9-13/h2-4,9H,5-8,10-11H2,1H3,(H,17,22). The predicted molar refractivity (Wildman–Crippen MR) is 89.4 cm³/mol. The fraction of sp³-hybridized carbons (Fsp3) is 0.467. The third kappa shape index (κ3) is 4.46. The number of hydrogen-bond donors (Lipinski definition) is 1. The molecule has 0 atom stereocenters. The summed E-state index contributed by atoms with van der Waals surface area (Å²) in [5.74, 6) is 0.872. The van der Waals surface area contributed by atoms with Crippen LogP contribution in [0.2, 0.25) is 0 Å². The maximum Gasteiger partial charge on any atom is 0.234 e. The van der Waals surface area contributed by atoms with Gasteiger partial charge in [-0.1, -0.05) is 6.07 Å². The van der Waals surface area contributed by atoms with Gasteiger partial charge < -0.3 is 10.2 Å². The van der Waals surface area contributed by atoms with Crippen molar-refractivity contribution < 1.29 is 4.79 Å². The number of pyridine rings is 1. The number of rotatable bonds is 5. The molecule has 1 amide bonds. The van der Waals surface area contributed by atoms with E-state index in [9.17, 15) is 4.79 Å². The summed E-state index contributed by atoms with van der Waals surface area (Å²) in [6, 6.07) is 3.83. The molecule has 0 bridgehead atoms. The molecule has 1 N–H and O–H groups in total. The van der Waals surface area contributed by atoms with E-state index in [1.807, 2.05) is 19.1 Å². The summed E-state index contributed by atoms with van der Waals surface area (Å²) in [5, 5.41) is 3.91. The number of nitrogens with one attached hydrogen (secondary N) is 1. The second-order valence-corrected chi connectivity index (χ2v) is 6.26. The van der Waals surface area contributed by atoms with Gasteiger partial charge in [0.2, 0.25) is 11.0 Å².